The molecule has 1 saturated carbocycles. The van der Waals surface area contributed by atoms with Gasteiger partial charge < -0.3 is 29.0 Å². The normalized spacial score (nSPS) is 23.6. The van der Waals surface area contributed by atoms with Crippen LogP contribution < -0.4 is 10.7 Å². The van der Waals surface area contributed by atoms with E-state index in [9.17, 15) is 19.2 Å². The number of carbonyl (C=O) groups is 4. The SMILES string of the molecule is C=C/C(=C(\N=C/C)[C@H](C)OC)c1c2c3cc(ccc3n1CC)-c1csc(n1)[C@@H](OCC)[C@H](NC(=O)[C@H]1C[C@@H]1C(=O)N(C)CCC(C)C)C(=O)N1CCC[C@H](N1)C(=O)OCC(C)(C)C2. The van der Waals surface area contributed by atoms with Gasteiger partial charge in [0.1, 0.15) is 23.2 Å². The van der Waals surface area contributed by atoms with E-state index in [4.69, 9.17) is 24.2 Å². The molecule has 1 aliphatic carbocycles. The van der Waals surface area contributed by atoms with Crippen molar-refractivity contribution in [1.29, 1.82) is 0 Å². The Bertz CT molecular complexity index is 2240. The van der Waals surface area contributed by atoms with E-state index in [1.54, 1.807) is 25.3 Å². The Balaban J connectivity index is 1.47. The molecule has 0 unspecified atom stereocenters. The highest BCUT2D eigenvalue weighted by Crippen LogP contribution is 2.42. The zero-order valence-electron chi connectivity index (χ0n) is 38.8. The fourth-order valence-electron chi connectivity index (χ4n) is 8.72. The molecule has 0 radical (unpaired) electrons. The fraction of sp³-hybridized carbons (Fsp3) is 0.583. The Morgan fingerprint density at radius 2 is 1.97 bits per heavy atom. The Morgan fingerprint density at radius 3 is 2.63 bits per heavy atom. The Kier molecular flexibility index (Phi) is 15.5. The summed E-state index contributed by atoms with van der Waals surface area (Å²) in [6.07, 6.45) is 5.13. The molecule has 2 aromatic heterocycles. The average Bonchev–Trinajstić information content (AvgIpc) is 3.83. The number of nitrogens with one attached hydrogen (secondary N) is 2. The summed E-state index contributed by atoms with van der Waals surface area (Å²) < 4.78 is 20.6. The molecule has 6 bridgehead atoms. The van der Waals surface area contributed by atoms with Crippen LogP contribution in [-0.2, 0) is 46.4 Å². The lowest BCUT2D eigenvalue weighted by Crippen LogP contribution is -2.61. The number of allylic oxidation sites excluding steroid dienone is 2. The first-order valence-electron chi connectivity index (χ1n) is 22.5. The molecule has 6 atom stereocenters. The number of ether oxygens (including phenoxy) is 3. The number of fused-ring (bicyclic) bond motifs is 6. The van der Waals surface area contributed by atoms with Crippen molar-refractivity contribution in [2.24, 2.45) is 28.2 Å². The molecule has 2 N–H and O–H groups in total. The minimum atomic E-state index is -1.21. The van der Waals surface area contributed by atoms with Crippen LogP contribution in [0, 0.1) is 23.2 Å². The van der Waals surface area contributed by atoms with E-state index in [1.807, 2.05) is 38.3 Å². The van der Waals surface area contributed by atoms with Crippen LogP contribution in [0.25, 0.3) is 27.7 Å². The number of esters is 1. The predicted molar refractivity (Wildman–Crippen MR) is 248 cm³/mol. The number of aryl methyl sites for hydroxylation is 1. The van der Waals surface area contributed by atoms with Crippen LogP contribution in [0.15, 0.2) is 46.9 Å². The number of hydrazine groups is 1. The molecule has 2 fully saturated rings. The molecule has 342 valence electrons. The smallest absolute Gasteiger partial charge is 0.324 e. The van der Waals surface area contributed by atoms with Gasteiger partial charge in [-0.25, -0.2) is 10.4 Å². The number of methoxy groups -OCH3 is 1. The van der Waals surface area contributed by atoms with Gasteiger partial charge in [-0.15, -0.1) is 11.3 Å². The van der Waals surface area contributed by atoms with Gasteiger partial charge in [0.25, 0.3) is 5.91 Å². The van der Waals surface area contributed by atoms with E-state index >= 15 is 0 Å². The molecular formula is C48H67N7O7S. The third-order valence-corrected chi connectivity index (χ3v) is 13.3. The van der Waals surface area contributed by atoms with Gasteiger partial charge in [-0.2, -0.15) is 0 Å². The van der Waals surface area contributed by atoms with Crippen molar-refractivity contribution in [2.75, 3.05) is 40.5 Å². The molecule has 3 amide bonds. The van der Waals surface area contributed by atoms with Crippen molar-refractivity contribution in [3.63, 3.8) is 0 Å². The zero-order chi connectivity index (χ0) is 45.7. The zero-order valence-corrected chi connectivity index (χ0v) is 39.6. The highest BCUT2D eigenvalue weighted by Gasteiger charge is 2.51. The molecule has 14 nitrogen and oxygen atoms in total. The number of carbonyl (C=O) groups excluding carboxylic acids is 4. The third kappa shape index (κ3) is 10.5. The molecule has 15 heteroatoms. The molecule has 6 rings (SSSR count). The predicted octanol–water partition coefficient (Wildman–Crippen LogP) is 7.13. The van der Waals surface area contributed by atoms with Crippen LogP contribution in [0.1, 0.15) is 103 Å². The molecule has 4 heterocycles. The first-order valence-corrected chi connectivity index (χ1v) is 23.4. The van der Waals surface area contributed by atoms with E-state index in [0.717, 1.165) is 45.4 Å². The number of thiazole rings is 1. The maximum absolute atomic E-state index is 14.7. The average molecular weight is 886 g/mol. The summed E-state index contributed by atoms with van der Waals surface area (Å²) in [7, 11) is 3.44. The van der Waals surface area contributed by atoms with E-state index in [0.29, 0.717) is 61.9 Å². The highest BCUT2D eigenvalue weighted by molar-refractivity contribution is 7.10. The van der Waals surface area contributed by atoms with Crippen molar-refractivity contribution < 1.29 is 33.4 Å². The van der Waals surface area contributed by atoms with Crippen LogP contribution in [-0.4, -0.2) is 108 Å². The minimum Gasteiger partial charge on any atom is -0.464 e. The van der Waals surface area contributed by atoms with Gasteiger partial charge in [0.2, 0.25) is 11.8 Å². The standard InChI is InChI=1S/C48H67N7O7S/c1-12-31(39(49-13-2)29(7)60-11)41-35-25-48(8,9)27-62-47(59)36-17-16-21-55(52-36)46(58)40(51-43(56)33-24-34(33)45(57)53(10)22-20-28(5)6)42(61-15-4)44-50-37(26-63-44)30-18-19-38(32(35)23-30)54(41)14-3/h12-13,18-19,23,26,28-29,33-34,36,40,42,52H,1,14-17,20-22,24-25,27H2,2-11H3,(H,51,56)/b39-31+,49-13-/t29-,33-,34-,36-,40-,42-/m0/s1. The summed E-state index contributed by atoms with van der Waals surface area (Å²) in [5.74, 6) is -1.98. The minimum absolute atomic E-state index is 0.0716. The van der Waals surface area contributed by atoms with Gasteiger partial charge in [0.05, 0.1) is 41.6 Å². The lowest BCUT2D eigenvalue weighted by atomic mass is 9.84. The van der Waals surface area contributed by atoms with Crippen LogP contribution in [0.2, 0.25) is 0 Å². The van der Waals surface area contributed by atoms with E-state index in [2.05, 4.69) is 68.6 Å². The second-order valence-electron chi connectivity index (χ2n) is 18.2. The van der Waals surface area contributed by atoms with Crippen LogP contribution in [0.5, 0.6) is 0 Å². The summed E-state index contributed by atoms with van der Waals surface area (Å²) in [5, 5.41) is 7.90. The maximum atomic E-state index is 14.7. The molecule has 2 aliphatic heterocycles. The first kappa shape index (κ1) is 47.8. The summed E-state index contributed by atoms with van der Waals surface area (Å²) in [6, 6.07) is 4.30. The molecule has 1 aromatic carbocycles. The number of hydrogen-bond donors (Lipinski definition) is 2. The molecule has 3 aromatic rings. The Labute approximate surface area is 376 Å². The highest BCUT2D eigenvalue weighted by atomic mass is 32.1. The number of amides is 3. The topological polar surface area (TPSA) is 157 Å². The fourth-order valence-corrected chi connectivity index (χ4v) is 9.63. The van der Waals surface area contributed by atoms with Gasteiger partial charge in [0.15, 0.2) is 0 Å². The second-order valence-corrected chi connectivity index (χ2v) is 19.0. The number of hydrogen-bond acceptors (Lipinski definition) is 11. The van der Waals surface area contributed by atoms with Crippen molar-refractivity contribution in [1.82, 2.24) is 30.2 Å². The number of nitrogens with zero attached hydrogens (tertiary/aromatic N) is 5. The van der Waals surface area contributed by atoms with E-state index in [-0.39, 0.29) is 25.2 Å². The monoisotopic (exact) mass is 885 g/mol. The number of benzene rings is 1. The molecular weight excluding hydrogens is 819 g/mol. The lowest BCUT2D eigenvalue weighted by Gasteiger charge is -2.37. The second kappa shape index (κ2) is 20.4. The van der Waals surface area contributed by atoms with E-state index in [1.165, 1.54) is 16.3 Å². The van der Waals surface area contributed by atoms with Gasteiger partial charge >= 0.3 is 5.97 Å². The number of rotatable bonds is 14. The number of aliphatic imine (C=N–C) groups is 1. The van der Waals surface area contributed by atoms with Crippen molar-refractivity contribution in [2.45, 2.75) is 118 Å². The molecule has 1 saturated heterocycles. The maximum Gasteiger partial charge on any atom is 0.324 e. The van der Waals surface area contributed by atoms with Crippen molar-refractivity contribution in [3.05, 3.63) is 58.2 Å². The Hall–Kier alpha value is -4.70. The van der Waals surface area contributed by atoms with Crippen molar-refractivity contribution >= 4 is 57.7 Å². The van der Waals surface area contributed by atoms with Crippen molar-refractivity contribution in [3.8, 4) is 11.3 Å². The lowest BCUT2D eigenvalue weighted by molar-refractivity contribution is -0.156. The third-order valence-electron chi connectivity index (χ3n) is 12.4. The van der Waals surface area contributed by atoms with Gasteiger partial charge in [0, 0.05) is 79.4 Å². The number of aromatic nitrogens is 2. The first-order chi connectivity index (χ1) is 30.1. The summed E-state index contributed by atoms with van der Waals surface area (Å²) in [4.78, 5) is 67.7. The van der Waals surface area contributed by atoms with Crippen LogP contribution in [0.3, 0.4) is 0 Å². The van der Waals surface area contributed by atoms with Gasteiger partial charge in [-0.05, 0) is 83.4 Å². The molecule has 0 spiro atoms. The summed E-state index contributed by atoms with van der Waals surface area (Å²) in [6.45, 7) is 22.4. The largest absolute Gasteiger partial charge is 0.464 e. The van der Waals surface area contributed by atoms with Gasteiger partial charge in [-0.3, -0.25) is 29.2 Å². The quantitative estimate of drug-likeness (QED) is 0.0977. The Morgan fingerprint density at radius 1 is 1.21 bits per heavy atom. The van der Waals surface area contributed by atoms with Crippen LogP contribution >= 0.6 is 11.3 Å². The van der Waals surface area contributed by atoms with E-state index < -0.39 is 53.2 Å². The van der Waals surface area contributed by atoms with Gasteiger partial charge in [-0.1, -0.05) is 46.4 Å². The molecule has 3 aliphatic rings. The summed E-state index contributed by atoms with van der Waals surface area (Å²) in [5.41, 5.74) is 8.82. The number of cyclic esters (lactones) is 1. The van der Waals surface area contributed by atoms with Crippen LogP contribution in [0.4, 0.5) is 0 Å². The molecule has 63 heavy (non-hydrogen) atoms. The summed E-state index contributed by atoms with van der Waals surface area (Å²) >= 11 is 1.36.